The average molecular weight is 252 g/mol. The van der Waals surface area contributed by atoms with E-state index in [-0.39, 0.29) is 12.1 Å². The zero-order valence-corrected chi connectivity index (χ0v) is 11.1. The van der Waals surface area contributed by atoms with Gasteiger partial charge in [-0.1, -0.05) is 13.5 Å². The van der Waals surface area contributed by atoms with Crippen molar-refractivity contribution >= 4 is 23.5 Å². The minimum atomic E-state index is 0.270. The zero-order chi connectivity index (χ0) is 12.4. The molecule has 0 aromatic carbocycles. The SMILES string of the molecule is C=C(C)c1cnc(N2CCC(C)C2)c(SF)c1. The monoisotopic (exact) mass is 252 g/mol. The van der Waals surface area contributed by atoms with Crippen LogP contribution in [-0.2, 0) is 0 Å². The van der Waals surface area contributed by atoms with Crippen LogP contribution < -0.4 is 4.90 Å². The summed E-state index contributed by atoms with van der Waals surface area (Å²) < 4.78 is 13.0. The molecule has 0 amide bonds. The number of hydrogen-bond acceptors (Lipinski definition) is 3. The van der Waals surface area contributed by atoms with Crippen molar-refractivity contribution in [3.63, 3.8) is 0 Å². The molecule has 1 aliphatic heterocycles. The number of pyridine rings is 1. The van der Waals surface area contributed by atoms with Gasteiger partial charge in [0.25, 0.3) is 0 Å². The van der Waals surface area contributed by atoms with Crippen molar-refractivity contribution in [3.8, 4) is 0 Å². The molecule has 0 radical (unpaired) electrons. The summed E-state index contributed by atoms with van der Waals surface area (Å²) in [5.74, 6) is 1.43. The Hall–Kier alpha value is -1.03. The summed E-state index contributed by atoms with van der Waals surface area (Å²) in [6.45, 7) is 9.90. The Morgan fingerprint density at radius 3 is 2.94 bits per heavy atom. The highest BCUT2D eigenvalue weighted by Gasteiger charge is 2.22. The molecule has 4 heteroatoms. The first-order valence-corrected chi connectivity index (χ1v) is 6.53. The summed E-state index contributed by atoms with van der Waals surface area (Å²) in [6.07, 6.45) is 2.93. The highest BCUT2D eigenvalue weighted by Crippen LogP contribution is 2.33. The molecule has 2 rings (SSSR count). The third-order valence-electron chi connectivity index (χ3n) is 3.13. The normalized spacial score (nSPS) is 19.7. The van der Waals surface area contributed by atoms with Crippen molar-refractivity contribution < 1.29 is 3.89 Å². The van der Waals surface area contributed by atoms with E-state index in [1.54, 1.807) is 6.20 Å². The van der Waals surface area contributed by atoms with Crippen LogP contribution in [0.25, 0.3) is 5.57 Å². The molecule has 0 saturated carbocycles. The molecule has 0 N–H and O–H groups in total. The van der Waals surface area contributed by atoms with E-state index in [2.05, 4.69) is 23.4 Å². The lowest BCUT2D eigenvalue weighted by molar-refractivity contribution is 0.658. The minimum absolute atomic E-state index is 0.270. The highest BCUT2D eigenvalue weighted by atomic mass is 32.2. The average Bonchev–Trinajstić information content (AvgIpc) is 2.74. The number of allylic oxidation sites excluding steroid dienone is 1. The molecule has 17 heavy (non-hydrogen) atoms. The predicted octanol–water partition coefficient (Wildman–Crippen LogP) is 3.94. The summed E-state index contributed by atoms with van der Waals surface area (Å²) in [5.41, 5.74) is 1.82. The Morgan fingerprint density at radius 1 is 1.65 bits per heavy atom. The van der Waals surface area contributed by atoms with Gasteiger partial charge in [0, 0.05) is 19.3 Å². The van der Waals surface area contributed by atoms with Crippen LogP contribution >= 0.6 is 12.1 Å². The molecule has 0 spiro atoms. The van der Waals surface area contributed by atoms with Gasteiger partial charge in [-0.2, -0.15) is 3.89 Å². The third kappa shape index (κ3) is 2.63. The van der Waals surface area contributed by atoms with Gasteiger partial charge in [0.05, 0.1) is 17.0 Å². The van der Waals surface area contributed by atoms with E-state index < -0.39 is 0 Å². The first-order valence-electron chi connectivity index (χ1n) is 5.81. The lowest BCUT2D eigenvalue weighted by Crippen LogP contribution is -2.21. The fourth-order valence-corrected chi connectivity index (χ4v) is 2.51. The molecular formula is C13H17FN2S. The van der Waals surface area contributed by atoms with Crippen LogP contribution in [0.1, 0.15) is 25.8 Å². The van der Waals surface area contributed by atoms with Crippen LogP contribution in [0.5, 0.6) is 0 Å². The van der Waals surface area contributed by atoms with E-state index in [0.29, 0.717) is 10.8 Å². The molecule has 1 aromatic rings. The lowest BCUT2D eigenvalue weighted by Gasteiger charge is -2.19. The number of anilines is 1. The number of hydrogen-bond donors (Lipinski definition) is 0. The zero-order valence-electron chi connectivity index (χ0n) is 10.2. The van der Waals surface area contributed by atoms with Crippen molar-refractivity contribution in [2.24, 2.45) is 5.92 Å². The van der Waals surface area contributed by atoms with Gasteiger partial charge in [-0.25, -0.2) is 4.98 Å². The maximum absolute atomic E-state index is 13.0. The van der Waals surface area contributed by atoms with Gasteiger partial charge in [0.1, 0.15) is 5.82 Å². The fourth-order valence-electron chi connectivity index (χ4n) is 2.09. The topological polar surface area (TPSA) is 16.1 Å². The quantitative estimate of drug-likeness (QED) is 0.810. The Kier molecular flexibility index (Phi) is 3.72. The summed E-state index contributed by atoms with van der Waals surface area (Å²) in [5, 5.41) is 0. The minimum Gasteiger partial charge on any atom is -0.355 e. The maximum atomic E-state index is 13.0. The summed E-state index contributed by atoms with van der Waals surface area (Å²) >= 11 is 0.270. The summed E-state index contributed by atoms with van der Waals surface area (Å²) in [6, 6.07) is 1.83. The number of rotatable bonds is 3. The van der Waals surface area contributed by atoms with Crippen LogP contribution in [-0.4, -0.2) is 18.1 Å². The Labute approximate surface area is 106 Å². The molecule has 0 bridgehead atoms. The molecule has 1 aromatic heterocycles. The van der Waals surface area contributed by atoms with E-state index in [0.717, 1.165) is 36.5 Å². The van der Waals surface area contributed by atoms with Crippen LogP contribution in [0.15, 0.2) is 23.7 Å². The second-order valence-electron chi connectivity index (χ2n) is 4.74. The van der Waals surface area contributed by atoms with Crippen molar-refractivity contribution in [2.75, 3.05) is 18.0 Å². The molecule has 2 nitrogen and oxygen atoms in total. The van der Waals surface area contributed by atoms with E-state index >= 15 is 0 Å². The van der Waals surface area contributed by atoms with Crippen molar-refractivity contribution in [1.29, 1.82) is 0 Å². The molecule has 1 aliphatic rings. The number of halogens is 1. The summed E-state index contributed by atoms with van der Waals surface area (Å²) in [4.78, 5) is 7.15. The van der Waals surface area contributed by atoms with E-state index in [1.807, 2.05) is 13.0 Å². The molecule has 1 saturated heterocycles. The van der Waals surface area contributed by atoms with Crippen molar-refractivity contribution in [1.82, 2.24) is 4.98 Å². The van der Waals surface area contributed by atoms with Gasteiger partial charge in [-0.05, 0) is 36.5 Å². The summed E-state index contributed by atoms with van der Waals surface area (Å²) in [7, 11) is 0. The molecule has 0 aliphatic carbocycles. The van der Waals surface area contributed by atoms with Gasteiger partial charge < -0.3 is 4.90 Å². The van der Waals surface area contributed by atoms with Crippen LogP contribution in [0.4, 0.5) is 9.70 Å². The Morgan fingerprint density at radius 2 is 2.41 bits per heavy atom. The Bertz CT molecular complexity index is 433. The van der Waals surface area contributed by atoms with E-state index in [1.165, 1.54) is 0 Å². The van der Waals surface area contributed by atoms with Crippen LogP contribution in [0, 0.1) is 5.92 Å². The fraction of sp³-hybridized carbons (Fsp3) is 0.462. The molecule has 92 valence electrons. The van der Waals surface area contributed by atoms with Gasteiger partial charge in [0.2, 0.25) is 0 Å². The van der Waals surface area contributed by atoms with Crippen molar-refractivity contribution in [3.05, 3.63) is 24.4 Å². The third-order valence-corrected chi connectivity index (χ3v) is 3.60. The number of nitrogens with zero attached hydrogens (tertiary/aromatic N) is 2. The largest absolute Gasteiger partial charge is 0.355 e. The van der Waals surface area contributed by atoms with Gasteiger partial charge in [-0.3, -0.25) is 0 Å². The highest BCUT2D eigenvalue weighted by molar-refractivity contribution is 7.94. The molecular weight excluding hydrogens is 235 g/mol. The number of aromatic nitrogens is 1. The van der Waals surface area contributed by atoms with E-state index in [9.17, 15) is 3.89 Å². The second-order valence-corrected chi connectivity index (χ2v) is 5.34. The standard InChI is InChI=1S/C13H17FN2S/c1-9(2)11-6-12(17-14)13(15-7-11)16-5-4-10(3)8-16/h6-7,10H,1,4-5,8H2,2-3H3. The van der Waals surface area contributed by atoms with Crippen LogP contribution in [0.3, 0.4) is 0 Å². The second kappa shape index (κ2) is 5.08. The molecule has 1 atom stereocenters. The van der Waals surface area contributed by atoms with Gasteiger partial charge in [0.15, 0.2) is 0 Å². The van der Waals surface area contributed by atoms with E-state index in [4.69, 9.17) is 0 Å². The maximum Gasteiger partial charge on any atom is 0.144 e. The van der Waals surface area contributed by atoms with Gasteiger partial charge in [-0.15, -0.1) is 0 Å². The lowest BCUT2D eigenvalue weighted by atomic mass is 10.1. The predicted molar refractivity (Wildman–Crippen MR) is 71.9 cm³/mol. The first kappa shape index (κ1) is 12.4. The van der Waals surface area contributed by atoms with Crippen molar-refractivity contribution in [2.45, 2.75) is 25.2 Å². The molecule has 1 fully saturated rings. The smallest absolute Gasteiger partial charge is 0.144 e. The molecule has 1 unspecified atom stereocenters. The Balaban J connectivity index is 2.31. The van der Waals surface area contributed by atoms with Crippen LogP contribution in [0.2, 0.25) is 0 Å². The van der Waals surface area contributed by atoms with Gasteiger partial charge >= 0.3 is 0 Å². The molecule has 2 heterocycles. The first-order chi connectivity index (χ1) is 8.11.